The summed E-state index contributed by atoms with van der Waals surface area (Å²) in [7, 11) is 0. The van der Waals surface area contributed by atoms with Crippen LogP contribution in [0.15, 0.2) is 36.5 Å². The van der Waals surface area contributed by atoms with Gasteiger partial charge in [-0.15, -0.1) is 0 Å². The molecule has 0 bridgehead atoms. The molecule has 8 heteroatoms. The zero-order chi connectivity index (χ0) is 19.1. The topological polar surface area (TPSA) is 117 Å². The predicted molar refractivity (Wildman–Crippen MR) is 92.3 cm³/mol. The number of aromatic nitrogens is 1. The number of piperidine rings is 1. The van der Waals surface area contributed by atoms with Gasteiger partial charge in [-0.3, -0.25) is 34.4 Å². The second-order valence-electron chi connectivity index (χ2n) is 6.42. The van der Waals surface area contributed by atoms with Crippen molar-refractivity contribution in [3.63, 3.8) is 0 Å². The van der Waals surface area contributed by atoms with Crippen molar-refractivity contribution >= 4 is 23.6 Å². The predicted octanol–water partition coefficient (Wildman–Crippen LogP) is 0.642. The van der Waals surface area contributed by atoms with Gasteiger partial charge in [0, 0.05) is 18.2 Å². The van der Waals surface area contributed by atoms with Gasteiger partial charge in [-0.2, -0.15) is 0 Å². The molecule has 1 fully saturated rings. The summed E-state index contributed by atoms with van der Waals surface area (Å²) in [5.74, 6) is -2.17. The van der Waals surface area contributed by atoms with E-state index in [1.54, 1.807) is 30.5 Å². The summed E-state index contributed by atoms with van der Waals surface area (Å²) in [6, 6.07) is 7.14. The third kappa shape index (κ3) is 2.80. The van der Waals surface area contributed by atoms with E-state index in [1.165, 1.54) is 6.07 Å². The number of nitrogens with one attached hydrogen (secondary N) is 1. The van der Waals surface area contributed by atoms with Gasteiger partial charge in [0.05, 0.1) is 23.4 Å². The fourth-order valence-electron chi connectivity index (χ4n) is 3.36. The van der Waals surface area contributed by atoms with Gasteiger partial charge in [-0.05, 0) is 36.2 Å². The Morgan fingerprint density at radius 1 is 1.07 bits per heavy atom. The number of rotatable bonds is 3. The average molecular weight is 365 g/mol. The lowest BCUT2D eigenvalue weighted by Crippen LogP contribution is -2.54. The molecule has 0 aliphatic carbocycles. The highest BCUT2D eigenvalue weighted by Crippen LogP contribution is 2.30. The van der Waals surface area contributed by atoms with E-state index in [1.807, 2.05) is 0 Å². The van der Waals surface area contributed by atoms with Crippen molar-refractivity contribution in [2.75, 3.05) is 0 Å². The van der Waals surface area contributed by atoms with E-state index in [4.69, 9.17) is 0 Å². The lowest BCUT2D eigenvalue weighted by molar-refractivity contribution is -0.136. The summed E-state index contributed by atoms with van der Waals surface area (Å²) in [6.07, 6.45) is 1.74. The van der Waals surface area contributed by atoms with Crippen LogP contribution in [0.5, 0.6) is 0 Å². The smallest absolute Gasteiger partial charge is 0.262 e. The van der Waals surface area contributed by atoms with Crippen LogP contribution < -0.4 is 5.32 Å². The Morgan fingerprint density at radius 2 is 1.85 bits per heavy atom. The standard InChI is InChI=1S/C19H15N3O5/c23-9-10-5-6-20-14(7-10)11-1-2-12-13(8-11)19(27)22(18(12)26)15-3-4-16(24)21-17(15)25/h1-2,5-8,15,23H,3-4,9H2,(H,21,24,25). The molecule has 4 amide bonds. The van der Waals surface area contributed by atoms with E-state index < -0.39 is 29.7 Å². The van der Waals surface area contributed by atoms with Gasteiger partial charge in [0.15, 0.2) is 0 Å². The van der Waals surface area contributed by atoms with E-state index in [2.05, 4.69) is 10.3 Å². The second kappa shape index (κ2) is 6.40. The molecule has 2 aliphatic rings. The molecule has 0 spiro atoms. The minimum absolute atomic E-state index is 0.0763. The summed E-state index contributed by atoms with van der Waals surface area (Å²) < 4.78 is 0. The molecule has 1 aromatic heterocycles. The average Bonchev–Trinajstić information content (AvgIpc) is 2.92. The summed E-state index contributed by atoms with van der Waals surface area (Å²) in [6.45, 7) is -0.138. The quantitative estimate of drug-likeness (QED) is 0.771. The highest BCUT2D eigenvalue weighted by Gasteiger charge is 2.44. The maximum Gasteiger partial charge on any atom is 0.262 e. The van der Waals surface area contributed by atoms with Crippen molar-refractivity contribution in [1.82, 2.24) is 15.2 Å². The molecule has 4 rings (SSSR count). The molecular weight excluding hydrogens is 350 g/mol. The maximum absolute atomic E-state index is 12.8. The van der Waals surface area contributed by atoms with Crippen molar-refractivity contribution in [2.45, 2.75) is 25.5 Å². The first-order valence-corrected chi connectivity index (χ1v) is 8.41. The zero-order valence-electron chi connectivity index (χ0n) is 14.1. The molecule has 8 nitrogen and oxygen atoms in total. The van der Waals surface area contributed by atoms with Crippen LogP contribution in [-0.2, 0) is 16.2 Å². The second-order valence-corrected chi connectivity index (χ2v) is 6.42. The van der Waals surface area contributed by atoms with Crippen LogP contribution in [0.3, 0.4) is 0 Å². The molecule has 2 aliphatic heterocycles. The van der Waals surface area contributed by atoms with Gasteiger partial charge in [0.2, 0.25) is 11.8 Å². The number of fused-ring (bicyclic) bond motifs is 1. The van der Waals surface area contributed by atoms with E-state index in [9.17, 15) is 24.3 Å². The first-order chi connectivity index (χ1) is 13.0. The minimum atomic E-state index is -0.991. The summed E-state index contributed by atoms with van der Waals surface area (Å²) in [5, 5.41) is 11.4. The third-order valence-electron chi connectivity index (χ3n) is 4.74. The SMILES string of the molecule is O=C1CCC(N2C(=O)c3ccc(-c4cc(CO)ccn4)cc3C2=O)C(=O)N1. The fraction of sp³-hybridized carbons (Fsp3) is 0.211. The molecule has 0 saturated carbocycles. The Labute approximate surface area is 153 Å². The van der Waals surface area contributed by atoms with Crippen LogP contribution in [0.2, 0.25) is 0 Å². The molecule has 1 saturated heterocycles. The van der Waals surface area contributed by atoms with Gasteiger partial charge in [0.25, 0.3) is 11.8 Å². The van der Waals surface area contributed by atoms with Gasteiger partial charge in [0.1, 0.15) is 6.04 Å². The van der Waals surface area contributed by atoms with Crippen LogP contribution in [0, 0.1) is 0 Å². The number of pyridine rings is 1. The van der Waals surface area contributed by atoms with Gasteiger partial charge in [-0.1, -0.05) is 6.07 Å². The first-order valence-electron chi connectivity index (χ1n) is 8.41. The number of benzene rings is 1. The largest absolute Gasteiger partial charge is 0.392 e. The maximum atomic E-state index is 12.8. The molecule has 1 atom stereocenters. The monoisotopic (exact) mass is 365 g/mol. The molecule has 1 unspecified atom stereocenters. The molecular formula is C19H15N3O5. The Kier molecular flexibility index (Phi) is 4.04. The fourth-order valence-corrected chi connectivity index (χ4v) is 3.36. The Balaban J connectivity index is 1.69. The number of hydrogen-bond acceptors (Lipinski definition) is 6. The highest BCUT2D eigenvalue weighted by atomic mass is 16.3. The number of aliphatic hydroxyl groups is 1. The Morgan fingerprint density at radius 3 is 2.59 bits per heavy atom. The summed E-state index contributed by atoms with van der Waals surface area (Å²) in [4.78, 5) is 54.1. The van der Waals surface area contributed by atoms with Gasteiger partial charge < -0.3 is 5.11 Å². The molecule has 136 valence electrons. The van der Waals surface area contributed by atoms with E-state index in [-0.39, 0.29) is 30.6 Å². The highest BCUT2D eigenvalue weighted by molar-refractivity contribution is 6.23. The Bertz CT molecular complexity index is 1000. The molecule has 2 N–H and O–H groups in total. The van der Waals surface area contributed by atoms with Crippen LogP contribution in [-0.4, -0.2) is 44.7 Å². The van der Waals surface area contributed by atoms with Crippen LogP contribution in [0.25, 0.3) is 11.3 Å². The van der Waals surface area contributed by atoms with Crippen molar-refractivity contribution in [3.8, 4) is 11.3 Å². The Hall–Kier alpha value is -3.39. The van der Waals surface area contributed by atoms with E-state index in [0.29, 0.717) is 16.8 Å². The van der Waals surface area contributed by atoms with E-state index >= 15 is 0 Å². The lowest BCUT2D eigenvalue weighted by atomic mass is 10.0. The van der Waals surface area contributed by atoms with Crippen LogP contribution in [0.1, 0.15) is 39.1 Å². The number of amides is 4. The first kappa shape index (κ1) is 17.0. The van der Waals surface area contributed by atoms with E-state index in [0.717, 1.165) is 4.90 Å². The van der Waals surface area contributed by atoms with Crippen LogP contribution >= 0.6 is 0 Å². The number of imide groups is 2. The molecule has 2 aromatic rings. The van der Waals surface area contributed by atoms with Crippen molar-refractivity contribution in [1.29, 1.82) is 0 Å². The van der Waals surface area contributed by atoms with Crippen molar-refractivity contribution in [2.24, 2.45) is 0 Å². The minimum Gasteiger partial charge on any atom is -0.392 e. The van der Waals surface area contributed by atoms with Gasteiger partial charge in [-0.25, -0.2) is 0 Å². The number of hydrogen-bond donors (Lipinski definition) is 2. The normalized spacial score (nSPS) is 19.3. The lowest BCUT2D eigenvalue weighted by Gasteiger charge is -2.27. The number of carbonyl (C=O) groups excluding carboxylic acids is 4. The molecule has 27 heavy (non-hydrogen) atoms. The van der Waals surface area contributed by atoms with Crippen molar-refractivity contribution in [3.05, 3.63) is 53.2 Å². The number of carbonyl (C=O) groups is 4. The third-order valence-corrected chi connectivity index (χ3v) is 4.74. The number of nitrogens with zero attached hydrogens (tertiary/aromatic N) is 2. The zero-order valence-corrected chi connectivity index (χ0v) is 14.1. The van der Waals surface area contributed by atoms with Crippen LogP contribution in [0.4, 0.5) is 0 Å². The molecule has 3 heterocycles. The van der Waals surface area contributed by atoms with Gasteiger partial charge >= 0.3 is 0 Å². The molecule has 1 aromatic carbocycles. The summed E-state index contributed by atoms with van der Waals surface area (Å²) in [5.41, 5.74) is 2.26. The van der Waals surface area contributed by atoms with Crippen molar-refractivity contribution < 1.29 is 24.3 Å². The summed E-state index contributed by atoms with van der Waals surface area (Å²) >= 11 is 0. The number of aliphatic hydroxyl groups excluding tert-OH is 1. The molecule has 0 radical (unpaired) electrons.